The number of benzene rings is 1. The van der Waals surface area contributed by atoms with Crippen LogP contribution >= 0.6 is 11.3 Å². The second kappa shape index (κ2) is 4.41. The van der Waals surface area contributed by atoms with Crippen LogP contribution in [0.15, 0.2) is 12.1 Å². The summed E-state index contributed by atoms with van der Waals surface area (Å²) in [5.41, 5.74) is 1.23. The molecule has 1 aromatic heterocycles. The van der Waals surface area contributed by atoms with Crippen LogP contribution in [0.4, 0.5) is 13.2 Å². The molecule has 0 saturated heterocycles. The number of alkyl halides is 2. The van der Waals surface area contributed by atoms with Crippen LogP contribution in [0, 0.1) is 5.82 Å². The number of fused-ring (bicyclic) bond motifs is 1. The number of thiazole rings is 1. The lowest BCUT2D eigenvalue weighted by Gasteiger charge is -1.99. The van der Waals surface area contributed by atoms with E-state index in [-0.39, 0.29) is 9.71 Å². The highest BCUT2D eigenvalue weighted by Crippen LogP contribution is 2.32. The Hall–Kier alpha value is -1.10. The summed E-state index contributed by atoms with van der Waals surface area (Å²) in [6, 6.07) is 2.94. The van der Waals surface area contributed by atoms with Crippen molar-refractivity contribution in [3.05, 3.63) is 28.5 Å². The van der Waals surface area contributed by atoms with E-state index in [9.17, 15) is 13.2 Å². The second-order valence-electron chi connectivity index (χ2n) is 3.49. The third kappa shape index (κ3) is 1.91. The van der Waals surface area contributed by atoms with E-state index >= 15 is 0 Å². The molecule has 0 aliphatic rings. The Morgan fingerprint density at radius 3 is 2.75 bits per heavy atom. The van der Waals surface area contributed by atoms with Crippen LogP contribution in [0.25, 0.3) is 10.2 Å². The number of aromatic nitrogens is 1. The summed E-state index contributed by atoms with van der Waals surface area (Å²) >= 11 is 0.736. The van der Waals surface area contributed by atoms with Crippen molar-refractivity contribution in [2.24, 2.45) is 0 Å². The van der Waals surface area contributed by atoms with Gasteiger partial charge in [0.05, 0.1) is 10.2 Å². The molecule has 0 aliphatic carbocycles. The molecular weight excluding hydrogens is 235 g/mol. The molecule has 0 spiro atoms. The van der Waals surface area contributed by atoms with Gasteiger partial charge in [0.1, 0.15) is 5.82 Å². The smallest absolute Gasteiger partial charge is 0.235 e. The van der Waals surface area contributed by atoms with Crippen LogP contribution in [0.3, 0.4) is 0 Å². The van der Waals surface area contributed by atoms with Gasteiger partial charge in [-0.15, -0.1) is 11.3 Å². The SMILES string of the molecule is CCCc1ccc(F)c2sc(C(F)F)nc12. The molecule has 0 fully saturated rings. The molecule has 86 valence electrons. The van der Waals surface area contributed by atoms with Gasteiger partial charge in [0.2, 0.25) is 0 Å². The van der Waals surface area contributed by atoms with Crippen molar-refractivity contribution < 1.29 is 13.2 Å². The molecular formula is C11H10F3NS. The fourth-order valence-corrected chi connectivity index (χ4v) is 2.48. The average Bonchev–Trinajstić information content (AvgIpc) is 2.68. The minimum absolute atomic E-state index is 0.237. The van der Waals surface area contributed by atoms with Gasteiger partial charge in [0.15, 0.2) is 5.01 Å². The highest BCUT2D eigenvalue weighted by Gasteiger charge is 2.17. The van der Waals surface area contributed by atoms with Gasteiger partial charge in [-0.05, 0) is 18.1 Å². The highest BCUT2D eigenvalue weighted by molar-refractivity contribution is 7.18. The number of halogens is 3. The summed E-state index contributed by atoms with van der Waals surface area (Å²) in [6.07, 6.45) is -1.03. The summed E-state index contributed by atoms with van der Waals surface area (Å²) < 4.78 is 38.6. The van der Waals surface area contributed by atoms with E-state index in [0.717, 1.165) is 29.7 Å². The molecule has 0 bridgehead atoms. The molecule has 5 heteroatoms. The van der Waals surface area contributed by atoms with Crippen LogP contribution in [0.2, 0.25) is 0 Å². The van der Waals surface area contributed by atoms with Gasteiger partial charge in [-0.2, -0.15) is 0 Å². The van der Waals surface area contributed by atoms with Crippen molar-refractivity contribution >= 4 is 21.6 Å². The van der Waals surface area contributed by atoms with Crippen molar-refractivity contribution in [3.8, 4) is 0 Å². The van der Waals surface area contributed by atoms with Gasteiger partial charge in [0, 0.05) is 0 Å². The summed E-state index contributed by atoms with van der Waals surface area (Å²) in [4.78, 5) is 3.82. The average molecular weight is 245 g/mol. The van der Waals surface area contributed by atoms with Crippen LogP contribution in [-0.2, 0) is 6.42 Å². The van der Waals surface area contributed by atoms with Gasteiger partial charge in [-0.3, -0.25) is 0 Å². The maximum absolute atomic E-state index is 13.4. The predicted octanol–water partition coefficient (Wildman–Crippen LogP) is 4.33. The normalized spacial score (nSPS) is 11.6. The Morgan fingerprint density at radius 1 is 1.38 bits per heavy atom. The number of nitrogens with zero attached hydrogens (tertiary/aromatic N) is 1. The standard InChI is InChI=1S/C11H10F3NS/c1-2-3-6-4-5-7(12)9-8(6)15-11(16-9)10(13)14/h4-5,10H,2-3H2,1H3. The lowest BCUT2D eigenvalue weighted by atomic mass is 10.1. The van der Waals surface area contributed by atoms with Gasteiger partial charge < -0.3 is 0 Å². The molecule has 0 amide bonds. The monoisotopic (exact) mass is 245 g/mol. The van der Waals surface area contributed by atoms with Crippen LogP contribution < -0.4 is 0 Å². The number of aryl methyl sites for hydroxylation is 1. The molecule has 2 rings (SSSR count). The largest absolute Gasteiger partial charge is 0.289 e. The van der Waals surface area contributed by atoms with Crippen LogP contribution in [0.5, 0.6) is 0 Å². The molecule has 0 atom stereocenters. The van der Waals surface area contributed by atoms with E-state index in [1.54, 1.807) is 6.07 Å². The van der Waals surface area contributed by atoms with Crippen molar-refractivity contribution in [2.75, 3.05) is 0 Å². The first kappa shape index (κ1) is 11.4. The first-order valence-corrected chi connectivity index (χ1v) is 5.81. The fourth-order valence-electron chi connectivity index (χ4n) is 1.61. The van der Waals surface area contributed by atoms with Crippen LogP contribution in [0.1, 0.15) is 30.3 Å². The minimum Gasteiger partial charge on any atom is -0.235 e. The zero-order valence-electron chi connectivity index (χ0n) is 8.64. The third-order valence-electron chi connectivity index (χ3n) is 2.30. The van der Waals surface area contributed by atoms with Crippen molar-refractivity contribution in [2.45, 2.75) is 26.2 Å². The Morgan fingerprint density at radius 2 is 2.12 bits per heavy atom. The molecule has 0 N–H and O–H groups in total. The molecule has 1 aromatic carbocycles. The highest BCUT2D eigenvalue weighted by atomic mass is 32.1. The van der Waals surface area contributed by atoms with Gasteiger partial charge in [0.25, 0.3) is 6.43 Å². The minimum atomic E-state index is -2.63. The summed E-state index contributed by atoms with van der Waals surface area (Å²) in [7, 11) is 0. The van der Waals surface area contributed by atoms with E-state index in [0.29, 0.717) is 5.52 Å². The number of hydrogen-bond acceptors (Lipinski definition) is 2. The van der Waals surface area contributed by atoms with E-state index < -0.39 is 12.2 Å². The summed E-state index contributed by atoms with van der Waals surface area (Å²) in [5.74, 6) is -0.473. The Bertz CT molecular complexity index is 507. The lowest BCUT2D eigenvalue weighted by molar-refractivity contribution is 0.151. The van der Waals surface area contributed by atoms with Crippen molar-refractivity contribution in [1.29, 1.82) is 0 Å². The zero-order valence-corrected chi connectivity index (χ0v) is 9.45. The van der Waals surface area contributed by atoms with Crippen molar-refractivity contribution in [1.82, 2.24) is 4.98 Å². The molecule has 0 unspecified atom stereocenters. The Labute approximate surface area is 94.9 Å². The molecule has 16 heavy (non-hydrogen) atoms. The van der Waals surface area contributed by atoms with E-state index in [2.05, 4.69) is 4.98 Å². The molecule has 1 nitrogen and oxygen atoms in total. The molecule has 0 aliphatic heterocycles. The van der Waals surface area contributed by atoms with Gasteiger partial charge >= 0.3 is 0 Å². The predicted molar refractivity (Wildman–Crippen MR) is 58.5 cm³/mol. The zero-order chi connectivity index (χ0) is 11.7. The quantitative estimate of drug-likeness (QED) is 0.784. The Kier molecular flexibility index (Phi) is 3.14. The second-order valence-corrected chi connectivity index (χ2v) is 4.52. The van der Waals surface area contributed by atoms with Gasteiger partial charge in [-0.25, -0.2) is 18.2 Å². The number of rotatable bonds is 3. The lowest BCUT2D eigenvalue weighted by Crippen LogP contribution is -1.88. The molecule has 1 heterocycles. The molecule has 0 saturated carbocycles. The Balaban J connectivity index is 2.62. The van der Waals surface area contributed by atoms with Gasteiger partial charge in [-0.1, -0.05) is 19.4 Å². The number of hydrogen-bond donors (Lipinski definition) is 0. The third-order valence-corrected chi connectivity index (χ3v) is 3.37. The van der Waals surface area contributed by atoms with E-state index in [1.807, 2.05) is 6.92 Å². The topological polar surface area (TPSA) is 12.9 Å². The molecule has 0 radical (unpaired) electrons. The van der Waals surface area contributed by atoms with Crippen molar-refractivity contribution in [3.63, 3.8) is 0 Å². The molecule has 2 aromatic rings. The first-order valence-electron chi connectivity index (χ1n) is 4.99. The van der Waals surface area contributed by atoms with E-state index in [4.69, 9.17) is 0 Å². The maximum atomic E-state index is 13.4. The summed E-state index contributed by atoms with van der Waals surface area (Å²) in [5, 5.41) is -0.308. The fraction of sp³-hybridized carbons (Fsp3) is 0.364. The first-order chi connectivity index (χ1) is 7.63. The summed E-state index contributed by atoms with van der Waals surface area (Å²) in [6.45, 7) is 1.98. The van der Waals surface area contributed by atoms with Crippen LogP contribution in [-0.4, -0.2) is 4.98 Å². The maximum Gasteiger partial charge on any atom is 0.289 e. The van der Waals surface area contributed by atoms with E-state index in [1.165, 1.54) is 6.07 Å².